The van der Waals surface area contributed by atoms with Crippen molar-refractivity contribution in [3.05, 3.63) is 30.1 Å². The zero-order valence-electron chi connectivity index (χ0n) is 14.3. The summed E-state index contributed by atoms with van der Waals surface area (Å²) >= 11 is 0. The van der Waals surface area contributed by atoms with E-state index in [9.17, 15) is 13.2 Å². The van der Waals surface area contributed by atoms with E-state index in [1.807, 2.05) is 25.1 Å². The first-order valence-electron chi connectivity index (χ1n) is 8.58. The average molecular weight is 351 g/mol. The Morgan fingerprint density at radius 2 is 1.96 bits per heavy atom. The highest BCUT2D eigenvalue weighted by Crippen LogP contribution is 2.31. The summed E-state index contributed by atoms with van der Waals surface area (Å²) in [6.45, 7) is 2.47. The third-order valence-electron chi connectivity index (χ3n) is 5.35. The van der Waals surface area contributed by atoms with Crippen molar-refractivity contribution in [1.29, 1.82) is 0 Å². The van der Waals surface area contributed by atoms with E-state index in [2.05, 4.69) is 4.98 Å². The number of likely N-dealkylation sites (tertiary alicyclic amines) is 1. The molecule has 0 bridgehead atoms. The Hall–Kier alpha value is -1.47. The molecule has 24 heavy (non-hydrogen) atoms. The maximum atomic E-state index is 12.8. The van der Waals surface area contributed by atoms with Gasteiger partial charge in [-0.15, -0.1) is 0 Å². The van der Waals surface area contributed by atoms with Crippen molar-refractivity contribution in [2.75, 3.05) is 20.1 Å². The fourth-order valence-electron chi connectivity index (χ4n) is 3.50. The van der Waals surface area contributed by atoms with Gasteiger partial charge >= 0.3 is 0 Å². The van der Waals surface area contributed by atoms with Gasteiger partial charge in [0.15, 0.2) is 0 Å². The molecule has 132 valence electrons. The van der Waals surface area contributed by atoms with Crippen molar-refractivity contribution >= 4 is 15.9 Å². The Bertz CT molecular complexity index is 680. The molecule has 1 aliphatic heterocycles. The van der Waals surface area contributed by atoms with Gasteiger partial charge in [-0.05, 0) is 31.9 Å². The molecule has 0 radical (unpaired) electrons. The minimum atomic E-state index is -3.44. The summed E-state index contributed by atoms with van der Waals surface area (Å²) in [6.07, 6.45) is 5.77. The molecule has 0 aromatic carbocycles. The predicted octanol–water partition coefficient (Wildman–Crippen LogP) is 1.81. The van der Waals surface area contributed by atoms with E-state index in [-0.39, 0.29) is 17.9 Å². The quantitative estimate of drug-likeness (QED) is 0.811. The Kier molecular flexibility index (Phi) is 4.92. The van der Waals surface area contributed by atoms with E-state index < -0.39 is 15.3 Å². The summed E-state index contributed by atoms with van der Waals surface area (Å²) in [4.78, 5) is 18.3. The molecule has 1 atom stereocenters. The van der Waals surface area contributed by atoms with Gasteiger partial charge in [0.05, 0.1) is 11.7 Å². The minimum Gasteiger partial charge on any atom is -0.340 e. The topological polar surface area (TPSA) is 70.6 Å². The first-order chi connectivity index (χ1) is 11.4. The summed E-state index contributed by atoms with van der Waals surface area (Å²) < 4.78 is 26.9. The maximum absolute atomic E-state index is 12.8. The van der Waals surface area contributed by atoms with E-state index in [0.29, 0.717) is 13.1 Å². The van der Waals surface area contributed by atoms with Gasteiger partial charge in [0, 0.05) is 32.3 Å². The number of rotatable bonds is 5. The first kappa shape index (κ1) is 17.4. The number of amides is 1. The van der Waals surface area contributed by atoms with Crippen LogP contribution in [0.25, 0.3) is 0 Å². The number of nitrogens with zero attached hydrogens (tertiary/aromatic N) is 3. The Morgan fingerprint density at radius 1 is 1.29 bits per heavy atom. The second-order valence-electron chi connectivity index (χ2n) is 6.84. The molecule has 2 fully saturated rings. The number of hydrogen-bond donors (Lipinski definition) is 0. The average Bonchev–Trinajstić information content (AvgIpc) is 3.07. The molecule has 2 heterocycles. The standard InChI is InChI=1S/C17H25N3O3S/c1-13(16-9-5-6-10-18-16)19(2)24(22,23)15-11-20(12-15)17(21)14-7-3-4-8-14/h5-6,9-10,13-15H,3-4,7-8,11-12H2,1-2H3/t13-/m1/s1. The van der Waals surface area contributed by atoms with Crippen LogP contribution in [0.2, 0.25) is 0 Å². The summed E-state index contributed by atoms with van der Waals surface area (Å²) in [7, 11) is -1.85. The molecule has 0 unspecified atom stereocenters. The normalized spacial score (nSPS) is 21.0. The zero-order chi connectivity index (χ0) is 17.3. The molecule has 2 aliphatic rings. The zero-order valence-corrected chi connectivity index (χ0v) is 15.1. The van der Waals surface area contributed by atoms with Gasteiger partial charge in [-0.1, -0.05) is 18.9 Å². The van der Waals surface area contributed by atoms with Crippen molar-refractivity contribution in [1.82, 2.24) is 14.2 Å². The lowest BCUT2D eigenvalue weighted by Gasteiger charge is -2.42. The van der Waals surface area contributed by atoms with E-state index in [1.54, 1.807) is 18.1 Å². The molecule has 7 heteroatoms. The molecule has 6 nitrogen and oxygen atoms in total. The molecule has 0 spiro atoms. The van der Waals surface area contributed by atoms with Crippen LogP contribution in [0.1, 0.15) is 44.3 Å². The first-order valence-corrected chi connectivity index (χ1v) is 10.1. The number of carbonyl (C=O) groups is 1. The molecule has 1 aromatic rings. The molecular weight excluding hydrogens is 326 g/mol. The van der Waals surface area contributed by atoms with Crippen molar-refractivity contribution < 1.29 is 13.2 Å². The molecule has 1 amide bonds. The van der Waals surface area contributed by atoms with Crippen molar-refractivity contribution in [2.45, 2.75) is 43.9 Å². The smallest absolute Gasteiger partial charge is 0.225 e. The SMILES string of the molecule is C[C@H](c1ccccn1)N(C)S(=O)(=O)C1CN(C(=O)C2CCCC2)C1. The number of aromatic nitrogens is 1. The van der Waals surface area contributed by atoms with E-state index in [1.165, 1.54) is 4.31 Å². The number of hydrogen-bond acceptors (Lipinski definition) is 4. The Balaban J connectivity index is 1.61. The van der Waals surface area contributed by atoms with Gasteiger partial charge in [-0.2, -0.15) is 4.31 Å². The molecule has 1 saturated carbocycles. The van der Waals surface area contributed by atoms with Gasteiger partial charge in [-0.25, -0.2) is 8.42 Å². The summed E-state index contributed by atoms with van der Waals surface area (Å²) in [5, 5.41) is -0.501. The molecule has 1 saturated heterocycles. The Labute approximate surface area is 143 Å². The van der Waals surface area contributed by atoms with E-state index >= 15 is 0 Å². The monoisotopic (exact) mass is 351 g/mol. The van der Waals surface area contributed by atoms with Crippen LogP contribution >= 0.6 is 0 Å². The highest BCUT2D eigenvalue weighted by atomic mass is 32.2. The fourth-order valence-corrected chi connectivity index (χ4v) is 5.26. The number of carbonyl (C=O) groups excluding carboxylic acids is 1. The van der Waals surface area contributed by atoms with Gasteiger partial charge in [0.1, 0.15) is 5.25 Å². The van der Waals surface area contributed by atoms with Crippen molar-refractivity contribution in [3.63, 3.8) is 0 Å². The van der Waals surface area contributed by atoms with Crippen molar-refractivity contribution in [3.8, 4) is 0 Å². The lowest BCUT2D eigenvalue weighted by Crippen LogP contribution is -2.60. The maximum Gasteiger partial charge on any atom is 0.225 e. The van der Waals surface area contributed by atoms with Crippen LogP contribution in [-0.4, -0.2) is 53.9 Å². The number of pyridine rings is 1. The third kappa shape index (κ3) is 3.19. The van der Waals surface area contributed by atoms with Gasteiger partial charge in [0.2, 0.25) is 15.9 Å². The van der Waals surface area contributed by atoms with Crippen LogP contribution in [0.5, 0.6) is 0 Å². The van der Waals surface area contributed by atoms with Gasteiger partial charge < -0.3 is 4.90 Å². The van der Waals surface area contributed by atoms with Crippen LogP contribution in [0, 0.1) is 5.92 Å². The minimum absolute atomic E-state index is 0.110. The van der Waals surface area contributed by atoms with E-state index in [0.717, 1.165) is 31.4 Å². The predicted molar refractivity (Wildman–Crippen MR) is 91.7 cm³/mol. The third-order valence-corrected chi connectivity index (χ3v) is 7.61. The second kappa shape index (κ2) is 6.80. The Morgan fingerprint density at radius 3 is 2.54 bits per heavy atom. The number of sulfonamides is 1. The van der Waals surface area contributed by atoms with Crippen LogP contribution in [-0.2, 0) is 14.8 Å². The summed E-state index contributed by atoms with van der Waals surface area (Å²) in [5.41, 5.74) is 0.724. The highest BCUT2D eigenvalue weighted by molar-refractivity contribution is 7.89. The van der Waals surface area contributed by atoms with Crippen LogP contribution in [0.15, 0.2) is 24.4 Å². The van der Waals surface area contributed by atoms with Crippen LogP contribution in [0.3, 0.4) is 0 Å². The van der Waals surface area contributed by atoms with Crippen LogP contribution < -0.4 is 0 Å². The summed E-state index contributed by atoms with van der Waals surface area (Å²) in [5.74, 6) is 0.248. The molecule has 1 aromatic heterocycles. The molecular formula is C17H25N3O3S. The highest BCUT2D eigenvalue weighted by Gasteiger charge is 2.44. The summed E-state index contributed by atoms with van der Waals surface area (Å²) in [6, 6.07) is 5.16. The lowest BCUT2D eigenvalue weighted by molar-refractivity contribution is -0.138. The second-order valence-corrected chi connectivity index (χ2v) is 9.11. The lowest BCUT2D eigenvalue weighted by atomic mass is 10.0. The fraction of sp³-hybridized carbons (Fsp3) is 0.647. The van der Waals surface area contributed by atoms with Gasteiger partial charge in [-0.3, -0.25) is 9.78 Å². The van der Waals surface area contributed by atoms with Crippen LogP contribution in [0.4, 0.5) is 0 Å². The molecule has 0 N–H and O–H groups in total. The largest absolute Gasteiger partial charge is 0.340 e. The molecule has 1 aliphatic carbocycles. The van der Waals surface area contributed by atoms with Gasteiger partial charge in [0.25, 0.3) is 0 Å². The molecule has 3 rings (SSSR count). The van der Waals surface area contributed by atoms with Crippen molar-refractivity contribution in [2.24, 2.45) is 5.92 Å². The van der Waals surface area contributed by atoms with E-state index in [4.69, 9.17) is 0 Å².